The molecule has 1 heterocycles. The van der Waals surface area contributed by atoms with Gasteiger partial charge in [0.15, 0.2) is 0 Å². The maximum atomic E-state index is 5.84. The number of rotatable bonds is 4. The molecular weight excluding hydrogens is 212 g/mol. The summed E-state index contributed by atoms with van der Waals surface area (Å²) in [5.41, 5.74) is 1.25. The Morgan fingerprint density at radius 1 is 1.24 bits per heavy atom. The lowest BCUT2D eigenvalue weighted by Crippen LogP contribution is -2.06. The van der Waals surface area contributed by atoms with E-state index in [0.717, 1.165) is 6.61 Å². The first-order chi connectivity index (χ1) is 8.34. The Kier molecular flexibility index (Phi) is 2.83. The molecule has 0 N–H and O–H groups in total. The van der Waals surface area contributed by atoms with Crippen LogP contribution in [0.1, 0.15) is 18.6 Å². The van der Waals surface area contributed by atoms with Gasteiger partial charge in [-0.2, -0.15) is 0 Å². The molecule has 0 bridgehead atoms. The fourth-order valence-corrected chi connectivity index (χ4v) is 2.11. The highest BCUT2D eigenvalue weighted by Crippen LogP contribution is 2.27. The van der Waals surface area contributed by atoms with Crippen molar-refractivity contribution in [2.24, 2.45) is 0 Å². The third-order valence-corrected chi connectivity index (χ3v) is 3.20. The molecule has 0 amide bonds. The normalized spacial score (nSPS) is 20.4. The molecule has 3 rings (SSSR count). The Labute approximate surface area is 101 Å². The molecule has 1 saturated heterocycles. The second-order valence-electron chi connectivity index (χ2n) is 4.50. The van der Waals surface area contributed by atoms with Crippen LogP contribution in [0.2, 0.25) is 0 Å². The van der Waals surface area contributed by atoms with Crippen molar-refractivity contribution in [3.63, 3.8) is 0 Å². The van der Waals surface area contributed by atoms with Crippen LogP contribution >= 0.6 is 0 Å². The summed E-state index contributed by atoms with van der Waals surface area (Å²) in [5, 5.41) is 2.54. The van der Waals surface area contributed by atoms with Crippen molar-refractivity contribution in [2.75, 3.05) is 13.2 Å². The molecule has 17 heavy (non-hydrogen) atoms. The van der Waals surface area contributed by atoms with E-state index in [0.29, 0.717) is 12.7 Å². The summed E-state index contributed by atoms with van der Waals surface area (Å²) in [6, 6.07) is 14.8. The molecule has 2 nitrogen and oxygen atoms in total. The lowest BCUT2D eigenvalue weighted by molar-refractivity contribution is 0.0548. The van der Waals surface area contributed by atoms with Crippen LogP contribution in [0, 0.1) is 0 Å². The Morgan fingerprint density at radius 2 is 2.00 bits per heavy atom. The van der Waals surface area contributed by atoms with E-state index in [4.69, 9.17) is 9.47 Å². The summed E-state index contributed by atoms with van der Waals surface area (Å²) in [5.74, 6) is 0. The molecule has 2 unspecified atom stereocenters. The van der Waals surface area contributed by atoms with Gasteiger partial charge >= 0.3 is 0 Å². The van der Waals surface area contributed by atoms with Gasteiger partial charge < -0.3 is 9.47 Å². The summed E-state index contributed by atoms with van der Waals surface area (Å²) in [4.78, 5) is 0. The van der Waals surface area contributed by atoms with Crippen molar-refractivity contribution < 1.29 is 9.47 Å². The van der Waals surface area contributed by atoms with E-state index in [9.17, 15) is 0 Å². The van der Waals surface area contributed by atoms with Crippen molar-refractivity contribution in [1.29, 1.82) is 0 Å². The first-order valence-corrected chi connectivity index (χ1v) is 6.05. The molecule has 2 aromatic carbocycles. The van der Waals surface area contributed by atoms with Gasteiger partial charge in [0.2, 0.25) is 0 Å². The predicted octanol–water partition coefficient (Wildman–Crippen LogP) is 3.32. The Hall–Kier alpha value is -1.38. The summed E-state index contributed by atoms with van der Waals surface area (Å²) >= 11 is 0. The smallest absolute Gasteiger partial charge is 0.104 e. The number of epoxide rings is 1. The highest BCUT2D eigenvalue weighted by molar-refractivity contribution is 5.85. The standard InChI is InChI=1S/C15H16O2/c1-11(16-9-13-10-17-13)14-8-4-6-12-5-2-3-7-15(12)14/h2-8,11,13H,9-10H2,1H3. The molecule has 0 aliphatic carbocycles. The molecular formula is C15H16O2. The van der Waals surface area contributed by atoms with Crippen molar-refractivity contribution in [2.45, 2.75) is 19.1 Å². The van der Waals surface area contributed by atoms with Gasteiger partial charge in [0.1, 0.15) is 6.10 Å². The molecule has 1 aliphatic heterocycles. The number of hydrogen-bond acceptors (Lipinski definition) is 2. The molecule has 2 aromatic rings. The van der Waals surface area contributed by atoms with Crippen LogP contribution < -0.4 is 0 Å². The monoisotopic (exact) mass is 228 g/mol. The first kappa shape index (κ1) is 10.8. The second kappa shape index (κ2) is 4.47. The maximum Gasteiger partial charge on any atom is 0.104 e. The maximum absolute atomic E-state index is 5.84. The minimum atomic E-state index is 0.116. The molecule has 1 aliphatic rings. The van der Waals surface area contributed by atoms with Crippen LogP contribution in [0.15, 0.2) is 42.5 Å². The molecule has 2 atom stereocenters. The summed E-state index contributed by atoms with van der Waals surface area (Å²) < 4.78 is 11.0. The third-order valence-electron chi connectivity index (χ3n) is 3.20. The van der Waals surface area contributed by atoms with Gasteiger partial charge in [0.05, 0.1) is 19.3 Å². The molecule has 0 aromatic heterocycles. The van der Waals surface area contributed by atoms with E-state index < -0.39 is 0 Å². The lowest BCUT2D eigenvalue weighted by Gasteiger charge is -2.15. The van der Waals surface area contributed by atoms with Crippen molar-refractivity contribution in [1.82, 2.24) is 0 Å². The van der Waals surface area contributed by atoms with Crippen molar-refractivity contribution in [3.05, 3.63) is 48.0 Å². The zero-order chi connectivity index (χ0) is 11.7. The first-order valence-electron chi connectivity index (χ1n) is 6.05. The largest absolute Gasteiger partial charge is 0.371 e. The predicted molar refractivity (Wildman–Crippen MR) is 68.1 cm³/mol. The van der Waals surface area contributed by atoms with Crippen LogP contribution in [0.25, 0.3) is 10.8 Å². The summed E-state index contributed by atoms with van der Waals surface area (Å²) in [6.07, 6.45) is 0.442. The molecule has 2 heteroatoms. The van der Waals surface area contributed by atoms with E-state index in [-0.39, 0.29) is 6.10 Å². The van der Waals surface area contributed by atoms with Crippen molar-refractivity contribution in [3.8, 4) is 0 Å². The van der Waals surface area contributed by atoms with E-state index in [1.54, 1.807) is 0 Å². The van der Waals surface area contributed by atoms with Crippen LogP contribution in [0.3, 0.4) is 0 Å². The second-order valence-corrected chi connectivity index (χ2v) is 4.50. The van der Waals surface area contributed by atoms with Gasteiger partial charge in [0, 0.05) is 0 Å². The number of benzene rings is 2. The topological polar surface area (TPSA) is 21.8 Å². The highest BCUT2D eigenvalue weighted by atomic mass is 16.6. The molecule has 0 saturated carbocycles. The average molecular weight is 228 g/mol. The fraction of sp³-hybridized carbons (Fsp3) is 0.333. The Balaban J connectivity index is 1.87. The molecule has 1 fully saturated rings. The van der Waals surface area contributed by atoms with Gasteiger partial charge in [-0.25, -0.2) is 0 Å². The molecule has 0 radical (unpaired) electrons. The number of fused-ring (bicyclic) bond motifs is 1. The Morgan fingerprint density at radius 3 is 2.82 bits per heavy atom. The van der Waals surface area contributed by atoms with Gasteiger partial charge in [-0.05, 0) is 23.3 Å². The fourth-order valence-electron chi connectivity index (χ4n) is 2.11. The van der Waals surface area contributed by atoms with E-state index in [2.05, 4.69) is 49.4 Å². The van der Waals surface area contributed by atoms with E-state index in [1.807, 2.05) is 0 Å². The van der Waals surface area contributed by atoms with Gasteiger partial charge in [0.25, 0.3) is 0 Å². The zero-order valence-electron chi connectivity index (χ0n) is 9.93. The molecule has 0 spiro atoms. The number of ether oxygens (including phenoxy) is 2. The highest BCUT2D eigenvalue weighted by Gasteiger charge is 2.23. The van der Waals surface area contributed by atoms with Gasteiger partial charge in [-0.3, -0.25) is 0 Å². The zero-order valence-corrected chi connectivity index (χ0v) is 9.93. The van der Waals surface area contributed by atoms with Gasteiger partial charge in [-0.1, -0.05) is 42.5 Å². The summed E-state index contributed by atoms with van der Waals surface area (Å²) in [6.45, 7) is 3.65. The van der Waals surface area contributed by atoms with Crippen LogP contribution in [0.5, 0.6) is 0 Å². The van der Waals surface area contributed by atoms with Gasteiger partial charge in [-0.15, -0.1) is 0 Å². The van der Waals surface area contributed by atoms with Crippen LogP contribution in [-0.4, -0.2) is 19.3 Å². The van der Waals surface area contributed by atoms with E-state index >= 15 is 0 Å². The van der Waals surface area contributed by atoms with Crippen LogP contribution in [-0.2, 0) is 9.47 Å². The minimum absolute atomic E-state index is 0.116. The van der Waals surface area contributed by atoms with E-state index in [1.165, 1.54) is 16.3 Å². The lowest BCUT2D eigenvalue weighted by atomic mass is 10.0. The average Bonchev–Trinajstić information content (AvgIpc) is 3.19. The number of hydrogen-bond donors (Lipinski definition) is 0. The Bertz CT molecular complexity index is 512. The quantitative estimate of drug-likeness (QED) is 0.749. The minimum Gasteiger partial charge on any atom is -0.371 e. The third kappa shape index (κ3) is 2.33. The molecule has 88 valence electrons. The van der Waals surface area contributed by atoms with Crippen molar-refractivity contribution >= 4 is 10.8 Å². The SMILES string of the molecule is CC(OCC1CO1)c1cccc2ccccc12. The van der Waals surface area contributed by atoms with Crippen LogP contribution in [0.4, 0.5) is 0 Å². The summed E-state index contributed by atoms with van der Waals surface area (Å²) in [7, 11) is 0.